The van der Waals surface area contributed by atoms with E-state index in [4.69, 9.17) is 4.74 Å². The van der Waals surface area contributed by atoms with Gasteiger partial charge in [0.1, 0.15) is 5.75 Å². The number of benzene rings is 2. The zero-order chi connectivity index (χ0) is 18.4. The highest BCUT2D eigenvalue weighted by Crippen LogP contribution is 2.24. The molecule has 1 aliphatic rings. The molecule has 0 saturated carbocycles. The summed E-state index contributed by atoms with van der Waals surface area (Å²) in [6, 6.07) is 13.7. The normalized spacial score (nSPS) is 14.5. The lowest BCUT2D eigenvalue weighted by Gasteiger charge is -2.28. The first-order valence-electron chi connectivity index (χ1n) is 8.83. The smallest absolute Gasteiger partial charge is 0.248 e. The summed E-state index contributed by atoms with van der Waals surface area (Å²) >= 11 is 3.43. The van der Waals surface area contributed by atoms with Crippen LogP contribution >= 0.6 is 15.9 Å². The summed E-state index contributed by atoms with van der Waals surface area (Å²) in [7, 11) is 1.62. The molecule has 136 valence electrons. The van der Waals surface area contributed by atoms with E-state index in [1.807, 2.05) is 30.3 Å². The van der Waals surface area contributed by atoms with Gasteiger partial charge in [-0.3, -0.25) is 4.79 Å². The lowest BCUT2D eigenvalue weighted by Crippen LogP contribution is -2.29. The monoisotopic (exact) mass is 414 g/mol. The maximum atomic E-state index is 12.2. The topological polar surface area (TPSA) is 41.6 Å². The molecular formula is C21H23BrN2O2. The van der Waals surface area contributed by atoms with Crippen LogP contribution in [0.4, 0.5) is 11.4 Å². The second-order valence-electron chi connectivity index (χ2n) is 6.30. The maximum Gasteiger partial charge on any atom is 0.248 e. The number of hydrogen-bond donors (Lipinski definition) is 1. The average molecular weight is 415 g/mol. The van der Waals surface area contributed by atoms with Gasteiger partial charge in [-0.1, -0.05) is 15.9 Å². The molecule has 1 amide bonds. The second-order valence-corrected chi connectivity index (χ2v) is 7.22. The molecule has 0 radical (unpaired) electrons. The molecule has 1 aliphatic heterocycles. The molecule has 5 heteroatoms. The van der Waals surface area contributed by atoms with E-state index in [0.29, 0.717) is 0 Å². The number of anilines is 2. The minimum absolute atomic E-state index is 0.169. The number of piperidine rings is 1. The van der Waals surface area contributed by atoms with Gasteiger partial charge in [-0.2, -0.15) is 0 Å². The maximum absolute atomic E-state index is 12.2. The van der Waals surface area contributed by atoms with Gasteiger partial charge in [-0.05, 0) is 67.8 Å². The van der Waals surface area contributed by atoms with Crippen LogP contribution < -0.4 is 15.0 Å². The van der Waals surface area contributed by atoms with Gasteiger partial charge in [0.2, 0.25) is 5.91 Å². The Morgan fingerprint density at radius 2 is 1.85 bits per heavy atom. The molecule has 4 nitrogen and oxygen atoms in total. The quantitative estimate of drug-likeness (QED) is 0.691. The first kappa shape index (κ1) is 18.5. The first-order chi connectivity index (χ1) is 12.7. The summed E-state index contributed by atoms with van der Waals surface area (Å²) in [4.78, 5) is 14.6. The lowest BCUT2D eigenvalue weighted by molar-refractivity contribution is -0.111. The van der Waals surface area contributed by atoms with Crippen molar-refractivity contribution in [3.63, 3.8) is 0 Å². The predicted octanol–water partition coefficient (Wildman–Crippen LogP) is 5.10. The third kappa shape index (κ3) is 4.88. The molecule has 1 saturated heterocycles. The van der Waals surface area contributed by atoms with Crippen LogP contribution in [-0.4, -0.2) is 26.1 Å². The molecule has 0 unspecified atom stereocenters. The first-order valence-corrected chi connectivity index (χ1v) is 9.62. The molecule has 0 atom stereocenters. The number of amides is 1. The molecule has 2 aromatic carbocycles. The van der Waals surface area contributed by atoms with E-state index in [1.54, 1.807) is 13.2 Å². The molecule has 26 heavy (non-hydrogen) atoms. The van der Waals surface area contributed by atoms with Gasteiger partial charge in [0, 0.05) is 40.6 Å². The van der Waals surface area contributed by atoms with Crippen LogP contribution in [0.5, 0.6) is 5.75 Å². The molecule has 1 fully saturated rings. The summed E-state index contributed by atoms with van der Waals surface area (Å²) in [6.07, 6.45) is 7.09. The third-order valence-corrected chi connectivity index (χ3v) is 4.96. The molecule has 1 N–H and O–H groups in total. The number of carbonyl (C=O) groups excluding carboxylic acids is 1. The van der Waals surface area contributed by atoms with Gasteiger partial charge < -0.3 is 15.0 Å². The van der Waals surface area contributed by atoms with Crippen LogP contribution in [0.15, 0.2) is 53.0 Å². The van der Waals surface area contributed by atoms with Crippen LogP contribution in [0.25, 0.3) is 6.08 Å². The van der Waals surface area contributed by atoms with Crippen LogP contribution in [-0.2, 0) is 4.79 Å². The van der Waals surface area contributed by atoms with Crippen molar-refractivity contribution in [2.24, 2.45) is 0 Å². The highest BCUT2D eigenvalue weighted by atomic mass is 79.9. The van der Waals surface area contributed by atoms with Crippen LogP contribution in [0.2, 0.25) is 0 Å². The Bertz CT molecular complexity index is 781. The summed E-state index contributed by atoms with van der Waals surface area (Å²) in [5.74, 6) is 0.556. The van der Waals surface area contributed by atoms with Crippen molar-refractivity contribution in [3.05, 3.63) is 58.6 Å². The fraction of sp³-hybridized carbons (Fsp3) is 0.286. The van der Waals surface area contributed by atoms with Crippen molar-refractivity contribution >= 4 is 39.3 Å². The summed E-state index contributed by atoms with van der Waals surface area (Å²) in [5, 5.41) is 2.90. The molecule has 2 aromatic rings. The van der Waals surface area contributed by atoms with Crippen molar-refractivity contribution in [1.29, 1.82) is 0 Å². The Kier molecular flexibility index (Phi) is 6.34. The van der Waals surface area contributed by atoms with E-state index in [1.165, 1.54) is 31.0 Å². The Balaban J connectivity index is 1.62. The van der Waals surface area contributed by atoms with Crippen molar-refractivity contribution in [2.75, 3.05) is 30.4 Å². The molecule has 0 aromatic heterocycles. The molecule has 3 rings (SSSR count). The van der Waals surface area contributed by atoms with E-state index in [0.717, 1.165) is 34.6 Å². The average Bonchev–Trinajstić information content (AvgIpc) is 2.68. The number of nitrogens with zero attached hydrogens (tertiary/aromatic N) is 1. The molecule has 0 spiro atoms. The fourth-order valence-corrected chi connectivity index (χ4v) is 3.47. The number of nitrogens with one attached hydrogen (secondary N) is 1. The van der Waals surface area contributed by atoms with E-state index in [2.05, 4.69) is 38.3 Å². The van der Waals surface area contributed by atoms with Gasteiger partial charge >= 0.3 is 0 Å². The Labute approximate surface area is 163 Å². The van der Waals surface area contributed by atoms with Crippen molar-refractivity contribution in [2.45, 2.75) is 19.3 Å². The molecule has 0 aliphatic carbocycles. The van der Waals surface area contributed by atoms with Gasteiger partial charge in [-0.25, -0.2) is 0 Å². The van der Waals surface area contributed by atoms with Crippen molar-refractivity contribution < 1.29 is 9.53 Å². The van der Waals surface area contributed by atoms with Crippen LogP contribution in [0.1, 0.15) is 24.8 Å². The Hall–Kier alpha value is -2.27. The number of rotatable bonds is 5. The SMILES string of the molecule is COc1ccc(Br)cc1C=CC(=O)Nc1ccc(N2CCCCC2)cc1. The fourth-order valence-electron chi connectivity index (χ4n) is 3.09. The summed E-state index contributed by atoms with van der Waals surface area (Å²) in [6.45, 7) is 2.23. The number of halogens is 1. The zero-order valence-corrected chi connectivity index (χ0v) is 16.5. The van der Waals surface area contributed by atoms with Crippen LogP contribution in [0.3, 0.4) is 0 Å². The van der Waals surface area contributed by atoms with Crippen molar-refractivity contribution in [1.82, 2.24) is 0 Å². The molecule has 0 bridgehead atoms. The van der Waals surface area contributed by atoms with Crippen LogP contribution in [0, 0.1) is 0 Å². The number of carbonyl (C=O) groups is 1. The Morgan fingerprint density at radius 3 is 2.54 bits per heavy atom. The predicted molar refractivity (Wildman–Crippen MR) is 111 cm³/mol. The van der Waals surface area contributed by atoms with E-state index < -0.39 is 0 Å². The second kappa shape index (κ2) is 8.90. The third-order valence-electron chi connectivity index (χ3n) is 4.46. The van der Waals surface area contributed by atoms with Gasteiger partial charge in [0.05, 0.1) is 7.11 Å². The summed E-state index contributed by atoms with van der Waals surface area (Å²) in [5.41, 5.74) is 2.86. The minimum atomic E-state index is -0.169. The number of methoxy groups -OCH3 is 1. The Morgan fingerprint density at radius 1 is 1.12 bits per heavy atom. The highest BCUT2D eigenvalue weighted by Gasteiger charge is 2.10. The molecule has 1 heterocycles. The zero-order valence-electron chi connectivity index (χ0n) is 14.9. The number of ether oxygens (including phenoxy) is 1. The van der Waals surface area contributed by atoms with Gasteiger partial charge in [-0.15, -0.1) is 0 Å². The highest BCUT2D eigenvalue weighted by molar-refractivity contribution is 9.10. The number of hydrogen-bond acceptors (Lipinski definition) is 3. The lowest BCUT2D eigenvalue weighted by atomic mass is 10.1. The van der Waals surface area contributed by atoms with Gasteiger partial charge in [0.25, 0.3) is 0 Å². The standard InChI is InChI=1S/C21H23BrN2O2/c1-26-20-11-6-17(22)15-16(20)5-12-21(25)23-18-7-9-19(10-8-18)24-13-3-2-4-14-24/h5-12,15H,2-4,13-14H2,1H3,(H,23,25). The van der Waals surface area contributed by atoms with Crippen molar-refractivity contribution in [3.8, 4) is 5.75 Å². The summed E-state index contributed by atoms with van der Waals surface area (Å²) < 4.78 is 6.25. The van der Waals surface area contributed by atoms with E-state index >= 15 is 0 Å². The largest absolute Gasteiger partial charge is 0.496 e. The van der Waals surface area contributed by atoms with E-state index in [-0.39, 0.29) is 5.91 Å². The van der Waals surface area contributed by atoms with Gasteiger partial charge in [0.15, 0.2) is 0 Å². The minimum Gasteiger partial charge on any atom is -0.496 e. The molecular weight excluding hydrogens is 392 g/mol. The van der Waals surface area contributed by atoms with E-state index in [9.17, 15) is 4.79 Å².